The number of benzene rings is 2. The second-order valence-electron chi connectivity index (χ2n) is 7.73. The molecule has 0 bridgehead atoms. The van der Waals surface area contributed by atoms with Crippen LogP contribution >= 0.6 is 0 Å². The minimum absolute atomic E-state index is 0.0848. The van der Waals surface area contributed by atoms with Crippen molar-refractivity contribution >= 4 is 17.5 Å². The Balaban J connectivity index is 1.67. The molecule has 0 saturated carbocycles. The van der Waals surface area contributed by atoms with Crippen LogP contribution in [0.15, 0.2) is 48.5 Å². The predicted molar refractivity (Wildman–Crippen MR) is 117 cm³/mol. The molecule has 3 aromatic rings. The maximum absolute atomic E-state index is 11.3. The maximum Gasteiger partial charge on any atom is 0.335 e. The van der Waals surface area contributed by atoms with E-state index >= 15 is 0 Å². The predicted octanol–water partition coefficient (Wildman–Crippen LogP) is 3.40. The molecule has 1 saturated heterocycles. The Morgan fingerprint density at radius 1 is 1.16 bits per heavy atom. The van der Waals surface area contributed by atoms with Crippen LogP contribution in [0.5, 0.6) is 5.75 Å². The van der Waals surface area contributed by atoms with Crippen LogP contribution in [0.2, 0.25) is 0 Å². The van der Waals surface area contributed by atoms with Gasteiger partial charge < -0.3 is 25.6 Å². The van der Waals surface area contributed by atoms with Gasteiger partial charge >= 0.3 is 5.97 Å². The van der Waals surface area contributed by atoms with E-state index in [4.69, 9.17) is 10.5 Å². The van der Waals surface area contributed by atoms with Crippen LogP contribution in [0.25, 0.3) is 11.3 Å². The molecule has 160 valence electrons. The highest BCUT2D eigenvalue weighted by Crippen LogP contribution is 2.35. The maximum atomic E-state index is 11.3. The topological polar surface area (TPSA) is 122 Å². The molecule has 8 heteroatoms. The zero-order chi connectivity index (χ0) is 22.1. The number of carboxylic acid groups (broad SMARTS) is 1. The van der Waals surface area contributed by atoms with E-state index in [0.29, 0.717) is 35.9 Å². The van der Waals surface area contributed by atoms with Crippen molar-refractivity contribution in [2.45, 2.75) is 26.1 Å². The summed E-state index contributed by atoms with van der Waals surface area (Å²) >= 11 is 0. The van der Waals surface area contributed by atoms with Crippen molar-refractivity contribution in [3.05, 3.63) is 65.2 Å². The van der Waals surface area contributed by atoms with Gasteiger partial charge in [-0.3, -0.25) is 0 Å². The Kier molecular flexibility index (Phi) is 5.48. The minimum atomic E-state index is -0.957. The third-order valence-electron chi connectivity index (χ3n) is 5.45. The van der Waals surface area contributed by atoms with Gasteiger partial charge in [0, 0.05) is 18.7 Å². The average molecular weight is 420 g/mol. The molecule has 0 amide bonds. The second-order valence-corrected chi connectivity index (χ2v) is 7.73. The number of nitrogen functional groups attached to an aromatic ring is 1. The third kappa shape index (κ3) is 4.15. The average Bonchev–Trinajstić information content (AvgIpc) is 2.74. The fraction of sp³-hybridized carbons (Fsp3) is 0.261. The molecular weight excluding hydrogens is 396 g/mol. The fourth-order valence-electron chi connectivity index (χ4n) is 3.96. The highest BCUT2D eigenvalue weighted by molar-refractivity contribution is 5.87. The molecule has 2 heterocycles. The van der Waals surface area contributed by atoms with Gasteiger partial charge in [-0.1, -0.05) is 18.2 Å². The van der Waals surface area contributed by atoms with E-state index in [2.05, 4.69) is 15.1 Å². The number of carboxylic acids is 1. The highest BCUT2D eigenvalue weighted by Gasteiger charge is 2.29. The van der Waals surface area contributed by atoms with Gasteiger partial charge in [-0.15, -0.1) is 10.2 Å². The summed E-state index contributed by atoms with van der Waals surface area (Å²) < 4.78 is 6.17. The Labute approximate surface area is 179 Å². The quantitative estimate of drug-likeness (QED) is 0.587. The number of hydrogen-bond acceptors (Lipinski definition) is 7. The lowest BCUT2D eigenvalue weighted by atomic mass is 9.98. The molecule has 4 rings (SSSR count). The monoisotopic (exact) mass is 420 g/mol. The minimum Gasteiger partial charge on any atom is -0.507 e. The van der Waals surface area contributed by atoms with Crippen LogP contribution in [0.4, 0.5) is 11.5 Å². The number of phenols is 1. The fourth-order valence-corrected chi connectivity index (χ4v) is 3.96. The number of rotatable bonds is 4. The molecule has 31 heavy (non-hydrogen) atoms. The highest BCUT2D eigenvalue weighted by atomic mass is 16.5. The summed E-state index contributed by atoms with van der Waals surface area (Å²) in [5.74, 6) is -0.540. The van der Waals surface area contributed by atoms with Crippen LogP contribution in [0.3, 0.4) is 0 Å². The van der Waals surface area contributed by atoms with Crippen LogP contribution in [0.1, 0.15) is 34.5 Å². The molecule has 0 spiro atoms. The molecule has 4 N–H and O–H groups in total. The summed E-state index contributed by atoms with van der Waals surface area (Å²) in [6.07, 6.45) is -0.341. The Morgan fingerprint density at radius 2 is 1.94 bits per heavy atom. The molecule has 0 radical (unpaired) electrons. The third-order valence-corrected chi connectivity index (χ3v) is 5.45. The first-order valence-corrected chi connectivity index (χ1v) is 9.99. The van der Waals surface area contributed by atoms with Crippen molar-refractivity contribution in [1.82, 2.24) is 10.2 Å². The number of aromatic carboxylic acids is 1. The SMILES string of the molecule is Cc1cc(C(=O)O)ccc1[C@H]1CN(c2cc(-c3ccccc3O)nnc2N)C[C@@H](C)O1. The largest absolute Gasteiger partial charge is 0.507 e. The summed E-state index contributed by atoms with van der Waals surface area (Å²) in [5.41, 5.74) is 10.0. The zero-order valence-electron chi connectivity index (χ0n) is 17.3. The van der Waals surface area contributed by atoms with Gasteiger partial charge in [0.1, 0.15) is 11.9 Å². The van der Waals surface area contributed by atoms with E-state index in [0.717, 1.165) is 11.1 Å². The van der Waals surface area contributed by atoms with Gasteiger partial charge in [-0.2, -0.15) is 0 Å². The first-order valence-electron chi connectivity index (χ1n) is 9.99. The van der Waals surface area contributed by atoms with Crippen LogP contribution in [-0.2, 0) is 4.74 Å². The molecule has 1 aromatic heterocycles. The van der Waals surface area contributed by atoms with Gasteiger partial charge in [0.05, 0.1) is 23.0 Å². The number of aromatic nitrogens is 2. The van der Waals surface area contributed by atoms with Gasteiger partial charge in [0.2, 0.25) is 0 Å². The van der Waals surface area contributed by atoms with Gasteiger partial charge in [-0.05, 0) is 55.3 Å². The molecule has 0 aliphatic carbocycles. The lowest BCUT2D eigenvalue weighted by Gasteiger charge is -2.39. The van der Waals surface area contributed by atoms with Crippen molar-refractivity contribution < 1.29 is 19.7 Å². The first kappa shape index (κ1) is 20.6. The van der Waals surface area contributed by atoms with Crippen molar-refractivity contribution in [2.75, 3.05) is 23.7 Å². The van der Waals surface area contributed by atoms with Crippen molar-refractivity contribution in [3.8, 4) is 17.0 Å². The molecule has 2 aromatic carbocycles. The van der Waals surface area contributed by atoms with Gasteiger partial charge in [0.25, 0.3) is 0 Å². The smallest absolute Gasteiger partial charge is 0.335 e. The lowest BCUT2D eigenvalue weighted by Crippen LogP contribution is -2.43. The molecular formula is C23H24N4O4. The summed E-state index contributed by atoms with van der Waals surface area (Å²) in [6.45, 7) is 4.99. The normalized spacial score (nSPS) is 18.7. The second kappa shape index (κ2) is 8.23. The zero-order valence-corrected chi connectivity index (χ0v) is 17.3. The van der Waals surface area contributed by atoms with Crippen molar-refractivity contribution in [2.24, 2.45) is 0 Å². The summed E-state index contributed by atoms with van der Waals surface area (Å²) in [5, 5.41) is 27.7. The van der Waals surface area contributed by atoms with E-state index in [-0.39, 0.29) is 23.5 Å². The van der Waals surface area contributed by atoms with Crippen molar-refractivity contribution in [1.29, 1.82) is 0 Å². The first-order chi connectivity index (χ1) is 14.8. The van der Waals surface area contributed by atoms with E-state index in [9.17, 15) is 15.0 Å². The standard InChI is InChI=1S/C23H24N4O4/c1-13-9-15(23(29)30)7-8-16(13)21-12-27(11-14(2)31-21)19-10-18(25-26-22(19)24)17-5-3-4-6-20(17)28/h3-10,14,21,28H,11-12H2,1-2H3,(H2,24,26)(H,29,30)/t14-,21-/m1/s1. The Bertz CT molecular complexity index is 1130. The molecule has 8 nitrogen and oxygen atoms in total. The number of carbonyl (C=O) groups is 1. The number of anilines is 2. The van der Waals surface area contributed by atoms with Crippen LogP contribution in [0, 0.1) is 6.92 Å². The summed E-state index contributed by atoms with van der Waals surface area (Å²) in [6, 6.07) is 13.8. The Morgan fingerprint density at radius 3 is 2.65 bits per heavy atom. The number of aromatic hydroxyl groups is 1. The number of phenolic OH excluding ortho intramolecular Hbond substituents is 1. The molecule has 1 aliphatic heterocycles. The molecule has 1 aliphatic rings. The van der Waals surface area contributed by atoms with Gasteiger partial charge in [0.15, 0.2) is 5.82 Å². The van der Waals surface area contributed by atoms with E-state index in [1.165, 1.54) is 0 Å². The number of morpholine rings is 1. The van der Waals surface area contributed by atoms with Crippen LogP contribution in [-0.4, -0.2) is 45.6 Å². The molecule has 1 fully saturated rings. The number of nitrogens with zero attached hydrogens (tertiary/aromatic N) is 3. The van der Waals surface area contributed by atoms with Crippen LogP contribution < -0.4 is 10.6 Å². The van der Waals surface area contributed by atoms with E-state index < -0.39 is 5.97 Å². The lowest BCUT2D eigenvalue weighted by molar-refractivity contribution is -0.0176. The van der Waals surface area contributed by atoms with E-state index in [1.807, 2.05) is 26.0 Å². The summed E-state index contributed by atoms with van der Waals surface area (Å²) in [4.78, 5) is 13.4. The molecule has 0 unspecified atom stereocenters. The van der Waals surface area contributed by atoms with Gasteiger partial charge in [-0.25, -0.2) is 4.79 Å². The summed E-state index contributed by atoms with van der Waals surface area (Å²) in [7, 11) is 0. The Hall–Kier alpha value is -3.65. The van der Waals surface area contributed by atoms with E-state index in [1.54, 1.807) is 36.4 Å². The van der Waals surface area contributed by atoms with Crippen molar-refractivity contribution in [3.63, 3.8) is 0 Å². The number of para-hydroxylation sites is 1. The number of ether oxygens (including phenoxy) is 1. The molecule has 2 atom stereocenters. The number of aryl methyl sites for hydroxylation is 1. The number of hydrogen-bond donors (Lipinski definition) is 3. The number of nitrogens with two attached hydrogens (primary N) is 1.